The quantitative estimate of drug-likeness (QED) is 0.280. The summed E-state index contributed by atoms with van der Waals surface area (Å²) in [6.45, 7) is 2.41. The van der Waals surface area contributed by atoms with Crippen LogP contribution in [0.5, 0.6) is 0 Å². The lowest BCUT2D eigenvalue weighted by atomic mass is 10.0. The summed E-state index contributed by atoms with van der Waals surface area (Å²) in [5.41, 5.74) is 5.59. The number of carbonyl (C=O) groups is 1. The number of amidine groups is 1. The summed E-state index contributed by atoms with van der Waals surface area (Å²) in [6, 6.07) is -0.330. The number of rotatable bonds is 4. The van der Waals surface area contributed by atoms with E-state index >= 15 is 0 Å². The van der Waals surface area contributed by atoms with Crippen LogP contribution in [0, 0.1) is 11.8 Å². The first kappa shape index (κ1) is 12.2. The number of nitrogens with one attached hydrogen (secondary N) is 1. The molecule has 2 aliphatic rings. The fourth-order valence-corrected chi connectivity index (χ4v) is 2.20. The normalized spacial score (nSPS) is 31.2. The molecular formula is C11H19N3O3. The molecule has 1 saturated heterocycles. The van der Waals surface area contributed by atoms with Crippen molar-refractivity contribution in [3.8, 4) is 0 Å². The molecule has 1 saturated carbocycles. The highest BCUT2D eigenvalue weighted by atomic mass is 16.5. The zero-order valence-corrected chi connectivity index (χ0v) is 9.93. The van der Waals surface area contributed by atoms with E-state index in [0.29, 0.717) is 12.5 Å². The largest absolute Gasteiger partial charge is 0.409 e. The highest BCUT2D eigenvalue weighted by Gasteiger charge is 2.37. The van der Waals surface area contributed by atoms with Crippen LogP contribution in [0.1, 0.15) is 26.2 Å². The summed E-state index contributed by atoms with van der Waals surface area (Å²) in [7, 11) is 0. The molecule has 1 aliphatic heterocycles. The monoisotopic (exact) mass is 241 g/mol. The van der Waals surface area contributed by atoms with Gasteiger partial charge >= 0.3 is 0 Å². The van der Waals surface area contributed by atoms with Gasteiger partial charge in [-0.2, -0.15) is 0 Å². The Morgan fingerprint density at radius 3 is 2.76 bits per heavy atom. The standard InChI is InChI=1S/C11H19N3O3/c1-6-4-8(5-17-6)11(15)13-9(7-2-3-7)10(12)14-16/h6-9,16H,2-5H2,1H3,(H2,12,14)(H,13,15). The molecule has 0 aromatic heterocycles. The van der Waals surface area contributed by atoms with Gasteiger partial charge in [0, 0.05) is 0 Å². The Morgan fingerprint density at radius 2 is 2.29 bits per heavy atom. The molecule has 96 valence electrons. The summed E-state index contributed by atoms with van der Waals surface area (Å²) in [4.78, 5) is 12.0. The van der Waals surface area contributed by atoms with Crippen molar-refractivity contribution in [2.75, 3.05) is 6.61 Å². The van der Waals surface area contributed by atoms with Crippen LogP contribution >= 0.6 is 0 Å². The van der Waals surface area contributed by atoms with Gasteiger partial charge in [-0.05, 0) is 32.1 Å². The summed E-state index contributed by atoms with van der Waals surface area (Å²) in [6.07, 6.45) is 2.89. The molecule has 0 aromatic carbocycles. The van der Waals surface area contributed by atoms with E-state index in [9.17, 15) is 4.79 Å². The lowest BCUT2D eigenvalue weighted by Crippen LogP contribution is -2.48. The molecule has 0 spiro atoms. The molecule has 6 heteroatoms. The Kier molecular flexibility index (Phi) is 3.51. The zero-order valence-electron chi connectivity index (χ0n) is 9.93. The topological polar surface area (TPSA) is 96.9 Å². The van der Waals surface area contributed by atoms with Gasteiger partial charge in [0.1, 0.15) is 0 Å². The Balaban J connectivity index is 1.91. The number of oxime groups is 1. The van der Waals surface area contributed by atoms with Crippen molar-refractivity contribution in [2.45, 2.75) is 38.3 Å². The first-order chi connectivity index (χ1) is 8.11. The minimum atomic E-state index is -0.330. The number of amides is 1. The van der Waals surface area contributed by atoms with Crippen LogP contribution in [0.15, 0.2) is 5.16 Å². The fourth-order valence-electron chi connectivity index (χ4n) is 2.20. The summed E-state index contributed by atoms with van der Waals surface area (Å²) in [5.74, 6) is 0.234. The number of hydrogen-bond donors (Lipinski definition) is 3. The lowest BCUT2D eigenvalue weighted by Gasteiger charge is -2.18. The second-order valence-corrected chi connectivity index (χ2v) is 4.93. The maximum absolute atomic E-state index is 12.0. The molecule has 17 heavy (non-hydrogen) atoms. The van der Waals surface area contributed by atoms with Crippen LogP contribution in [0.3, 0.4) is 0 Å². The molecule has 2 fully saturated rings. The highest BCUT2D eigenvalue weighted by molar-refractivity contribution is 5.91. The van der Waals surface area contributed by atoms with E-state index in [4.69, 9.17) is 15.7 Å². The Labute approximate surface area is 100 Å². The summed E-state index contributed by atoms with van der Waals surface area (Å²) in [5, 5.41) is 14.5. The molecule has 3 unspecified atom stereocenters. The smallest absolute Gasteiger partial charge is 0.226 e. The third-order valence-electron chi connectivity index (χ3n) is 3.39. The van der Waals surface area contributed by atoms with Gasteiger partial charge in [-0.15, -0.1) is 0 Å². The van der Waals surface area contributed by atoms with E-state index in [-0.39, 0.29) is 29.8 Å². The van der Waals surface area contributed by atoms with Crippen molar-refractivity contribution in [2.24, 2.45) is 22.7 Å². The second kappa shape index (κ2) is 4.91. The second-order valence-electron chi connectivity index (χ2n) is 4.93. The Hall–Kier alpha value is -1.30. The van der Waals surface area contributed by atoms with Crippen molar-refractivity contribution in [3.05, 3.63) is 0 Å². The minimum Gasteiger partial charge on any atom is -0.409 e. The van der Waals surface area contributed by atoms with Crippen molar-refractivity contribution >= 4 is 11.7 Å². The van der Waals surface area contributed by atoms with Crippen LogP contribution in [0.2, 0.25) is 0 Å². The fraction of sp³-hybridized carbons (Fsp3) is 0.818. The van der Waals surface area contributed by atoms with E-state index in [1.807, 2.05) is 6.92 Å². The van der Waals surface area contributed by atoms with Gasteiger partial charge in [-0.1, -0.05) is 5.16 Å². The van der Waals surface area contributed by atoms with Crippen molar-refractivity contribution in [1.82, 2.24) is 5.32 Å². The van der Waals surface area contributed by atoms with Gasteiger partial charge in [-0.3, -0.25) is 4.79 Å². The number of nitrogens with zero attached hydrogens (tertiary/aromatic N) is 1. The minimum absolute atomic E-state index is 0.0575. The van der Waals surface area contributed by atoms with Crippen LogP contribution in [-0.4, -0.2) is 35.7 Å². The van der Waals surface area contributed by atoms with Crippen LogP contribution in [0.25, 0.3) is 0 Å². The third kappa shape index (κ3) is 2.88. The van der Waals surface area contributed by atoms with E-state index in [1.165, 1.54) is 0 Å². The average molecular weight is 241 g/mol. The molecule has 1 heterocycles. The van der Waals surface area contributed by atoms with Gasteiger partial charge < -0.3 is 21.0 Å². The Morgan fingerprint density at radius 1 is 1.59 bits per heavy atom. The Bertz CT molecular complexity index is 328. The SMILES string of the molecule is CC1CC(C(=O)NC(C(N)=NO)C2CC2)CO1. The highest BCUT2D eigenvalue weighted by Crippen LogP contribution is 2.33. The first-order valence-corrected chi connectivity index (χ1v) is 6.01. The van der Waals surface area contributed by atoms with Crippen LogP contribution in [-0.2, 0) is 9.53 Å². The number of nitrogens with two attached hydrogens (primary N) is 1. The molecule has 0 radical (unpaired) electrons. The molecule has 0 aromatic rings. The lowest BCUT2D eigenvalue weighted by molar-refractivity contribution is -0.125. The van der Waals surface area contributed by atoms with Gasteiger partial charge in [0.25, 0.3) is 0 Å². The zero-order chi connectivity index (χ0) is 12.4. The number of hydrogen-bond acceptors (Lipinski definition) is 4. The summed E-state index contributed by atoms with van der Waals surface area (Å²) >= 11 is 0. The number of carbonyl (C=O) groups excluding carboxylic acids is 1. The summed E-state index contributed by atoms with van der Waals surface area (Å²) < 4.78 is 5.36. The molecule has 1 amide bonds. The molecule has 0 bridgehead atoms. The molecular weight excluding hydrogens is 222 g/mol. The maximum Gasteiger partial charge on any atom is 0.226 e. The van der Waals surface area contributed by atoms with Crippen molar-refractivity contribution in [1.29, 1.82) is 0 Å². The van der Waals surface area contributed by atoms with Gasteiger partial charge in [0.15, 0.2) is 5.84 Å². The molecule has 4 N–H and O–H groups in total. The number of ether oxygens (including phenoxy) is 1. The van der Waals surface area contributed by atoms with E-state index in [2.05, 4.69) is 10.5 Å². The van der Waals surface area contributed by atoms with E-state index < -0.39 is 0 Å². The maximum atomic E-state index is 12.0. The predicted molar refractivity (Wildman–Crippen MR) is 61.6 cm³/mol. The molecule has 1 aliphatic carbocycles. The average Bonchev–Trinajstić information content (AvgIpc) is 3.06. The van der Waals surface area contributed by atoms with Crippen molar-refractivity contribution < 1.29 is 14.7 Å². The van der Waals surface area contributed by atoms with Gasteiger partial charge in [0.2, 0.25) is 5.91 Å². The van der Waals surface area contributed by atoms with Gasteiger partial charge in [-0.25, -0.2) is 0 Å². The van der Waals surface area contributed by atoms with E-state index in [1.54, 1.807) is 0 Å². The van der Waals surface area contributed by atoms with E-state index in [0.717, 1.165) is 19.3 Å². The molecule has 6 nitrogen and oxygen atoms in total. The molecule has 2 rings (SSSR count). The first-order valence-electron chi connectivity index (χ1n) is 6.01. The predicted octanol–water partition coefficient (Wildman–Crippen LogP) is 0.0526. The molecule has 3 atom stereocenters. The third-order valence-corrected chi connectivity index (χ3v) is 3.39. The van der Waals surface area contributed by atoms with Crippen LogP contribution in [0.4, 0.5) is 0 Å². The van der Waals surface area contributed by atoms with Crippen LogP contribution < -0.4 is 11.1 Å². The van der Waals surface area contributed by atoms with Gasteiger partial charge in [0.05, 0.1) is 24.7 Å². The van der Waals surface area contributed by atoms with Crippen molar-refractivity contribution in [3.63, 3.8) is 0 Å².